The number of carbonyl (C=O) groups excluding carboxylic acids is 4. The first-order valence-electron chi connectivity index (χ1n) is 6.24. The number of halogens is 1. The fraction of sp³-hybridized carbons (Fsp3) is 0.231. The first-order chi connectivity index (χ1) is 10.8. The van der Waals surface area contributed by atoms with Crippen molar-refractivity contribution in [3.63, 3.8) is 0 Å². The molecule has 0 radical (unpaired) electrons. The van der Waals surface area contributed by atoms with Gasteiger partial charge in [-0.1, -0.05) is 0 Å². The van der Waals surface area contributed by atoms with Gasteiger partial charge in [0.1, 0.15) is 0 Å². The molecule has 0 aliphatic carbocycles. The molecule has 0 saturated heterocycles. The molecule has 8 nitrogen and oxygen atoms in total. The molecule has 1 atom stereocenters. The van der Waals surface area contributed by atoms with Crippen LogP contribution in [0.3, 0.4) is 0 Å². The molecule has 1 rings (SSSR count). The summed E-state index contributed by atoms with van der Waals surface area (Å²) in [6.07, 6.45) is 0. The van der Waals surface area contributed by atoms with E-state index in [1.54, 1.807) is 12.1 Å². The van der Waals surface area contributed by atoms with Crippen molar-refractivity contribution in [2.45, 2.75) is 17.9 Å². The molecule has 1 aromatic carbocycles. The van der Waals surface area contributed by atoms with Gasteiger partial charge in [0.25, 0.3) is 0 Å². The average Bonchev–Trinajstić information content (AvgIpc) is 2.44. The van der Waals surface area contributed by atoms with Crippen LogP contribution in [0.25, 0.3) is 0 Å². The SMILES string of the molecule is CC(=O)Nc1ccc(OC(=O)S[I-][C@H](NC(C)=O)C(N)=O)cc1. The molecule has 23 heavy (non-hydrogen) atoms. The summed E-state index contributed by atoms with van der Waals surface area (Å²) < 4.78 is 4.24. The molecule has 0 saturated carbocycles. The first kappa shape index (κ1) is 19.2. The van der Waals surface area contributed by atoms with Gasteiger partial charge in [-0.25, -0.2) is 0 Å². The monoisotopic (exact) mass is 452 g/mol. The maximum atomic E-state index is 11.7. The van der Waals surface area contributed by atoms with E-state index in [-0.39, 0.29) is 5.91 Å². The van der Waals surface area contributed by atoms with Crippen molar-refractivity contribution in [1.82, 2.24) is 5.32 Å². The van der Waals surface area contributed by atoms with E-state index in [4.69, 9.17) is 10.5 Å². The molecule has 0 heterocycles. The van der Waals surface area contributed by atoms with Gasteiger partial charge in [-0.3, -0.25) is 0 Å². The number of carbonyl (C=O) groups is 4. The van der Waals surface area contributed by atoms with Crippen LogP contribution in [0.2, 0.25) is 0 Å². The summed E-state index contributed by atoms with van der Waals surface area (Å²) >= 11 is -1.09. The first-order valence-corrected chi connectivity index (χ1v) is 10.8. The number of nitrogens with two attached hydrogens (primary N) is 1. The molecule has 0 aliphatic rings. The number of hydrogen-bond acceptors (Lipinski definition) is 6. The topological polar surface area (TPSA) is 128 Å². The Morgan fingerprint density at radius 2 is 1.74 bits per heavy atom. The van der Waals surface area contributed by atoms with Gasteiger partial charge >= 0.3 is 146 Å². The van der Waals surface area contributed by atoms with Crippen LogP contribution >= 0.6 is 8.93 Å². The summed E-state index contributed by atoms with van der Waals surface area (Å²) in [5.74, 6) is -0.981. The molecule has 0 bridgehead atoms. The second-order valence-electron chi connectivity index (χ2n) is 4.19. The van der Waals surface area contributed by atoms with E-state index in [9.17, 15) is 19.2 Å². The molecular formula is C13H15IN3O5S-. The van der Waals surface area contributed by atoms with E-state index in [0.29, 0.717) is 11.4 Å². The van der Waals surface area contributed by atoms with Crippen LogP contribution < -0.4 is 40.9 Å². The van der Waals surface area contributed by atoms with E-state index in [0.717, 1.165) is 8.93 Å². The van der Waals surface area contributed by atoms with Gasteiger partial charge in [-0.15, -0.1) is 0 Å². The van der Waals surface area contributed by atoms with Gasteiger partial charge in [-0.05, 0) is 0 Å². The minimum absolute atomic E-state index is 0.203. The third-order valence-electron chi connectivity index (χ3n) is 2.15. The molecule has 126 valence electrons. The van der Waals surface area contributed by atoms with E-state index in [1.165, 1.54) is 26.0 Å². The van der Waals surface area contributed by atoms with Crippen molar-refractivity contribution in [2.75, 3.05) is 5.32 Å². The Bertz CT molecular complexity index is 608. The number of benzene rings is 1. The van der Waals surface area contributed by atoms with Gasteiger partial charge in [0.05, 0.1) is 0 Å². The fourth-order valence-corrected chi connectivity index (χ4v) is 4.97. The van der Waals surface area contributed by atoms with Crippen LogP contribution in [-0.4, -0.2) is 27.1 Å². The Morgan fingerprint density at radius 1 is 1.13 bits per heavy atom. The molecule has 4 N–H and O–H groups in total. The van der Waals surface area contributed by atoms with Crippen LogP contribution in [0.15, 0.2) is 24.3 Å². The predicted octanol–water partition coefficient (Wildman–Crippen LogP) is -2.17. The fourth-order valence-electron chi connectivity index (χ4n) is 1.32. The van der Waals surface area contributed by atoms with Crippen LogP contribution in [-0.2, 0) is 14.4 Å². The van der Waals surface area contributed by atoms with E-state index in [1.807, 2.05) is 0 Å². The van der Waals surface area contributed by atoms with Gasteiger partial charge in [0.2, 0.25) is 0 Å². The van der Waals surface area contributed by atoms with Crippen LogP contribution in [0.4, 0.5) is 10.5 Å². The molecule has 10 heteroatoms. The Morgan fingerprint density at radius 3 is 2.22 bits per heavy atom. The number of anilines is 1. The van der Waals surface area contributed by atoms with Crippen molar-refractivity contribution in [3.8, 4) is 5.75 Å². The summed E-state index contributed by atoms with van der Waals surface area (Å²) in [6.45, 7) is 2.65. The van der Waals surface area contributed by atoms with Crippen LogP contribution in [0.5, 0.6) is 5.75 Å². The zero-order chi connectivity index (χ0) is 17.4. The summed E-state index contributed by atoms with van der Waals surface area (Å²) in [7, 11) is 0.828. The standard InChI is InChI=1S/C13H15IN3O5S/c1-7(18)16-9-3-5-10(6-4-9)22-13(21)23-14-11(12(15)20)17-8(2)19/h3-6,11H,1-2H3,(H2,15,20)(H,16,18)(H,17,19)/q-1/t11-/m1/s1. The summed E-state index contributed by atoms with van der Waals surface area (Å²) in [5, 5.41) is 4.38. The number of nitrogens with one attached hydrogen (secondary N) is 2. The maximum absolute atomic E-state index is 11.7. The molecule has 0 unspecified atom stereocenters. The van der Waals surface area contributed by atoms with Crippen molar-refractivity contribution in [2.24, 2.45) is 5.73 Å². The minimum atomic E-state index is -1.09. The van der Waals surface area contributed by atoms with Gasteiger partial charge < -0.3 is 0 Å². The van der Waals surface area contributed by atoms with Crippen molar-refractivity contribution >= 4 is 37.6 Å². The average molecular weight is 452 g/mol. The quantitative estimate of drug-likeness (QED) is 0.195. The zero-order valence-corrected chi connectivity index (χ0v) is 15.3. The predicted molar refractivity (Wildman–Crippen MR) is 81.2 cm³/mol. The second kappa shape index (κ2) is 9.35. The number of ether oxygens (including phenoxy) is 1. The van der Waals surface area contributed by atoms with Crippen molar-refractivity contribution < 1.29 is 43.7 Å². The van der Waals surface area contributed by atoms with Crippen molar-refractivity contribution in [3.05, 3.63) is 24.3 Å². The van der Waals surface area contributed by atoms with Crippen LogP contribution in [0.1, 0.15) is 13.8 Å². The molecule has 3 amide bonds. The van der Waals surface area contributed by atoms with Gasteiger partial charge in [0, 0.05) is 0 Å². The summed E-state index contributed by atoms with van der Waals surface area (Å²) in [5.41, 5.74) is 5.73. The van der Waals surface area contributed by atoms with E-state index >= 15 is 0 Å². The molecule has 0 fully saturated rings. The van der Waals surface area contributed by atoms with E-state index < -0.39 is 41.0 Å². The van der Waals surface area contributed by atoms with Gasteiger partial charge in [-0.2, -0.15) is 0 Å². The molecule has 0 spiro atoms. The third kappa shape index (κ3) is 7.83. The molecular weight excluding hydrogens is 437 g/mol. The third-order valence-corrected chi connectivity index (χ3v) is 6.92. The number of hydrogen-bond donors (Lipinski definition) is 3. The van der Waals surface area contributed by atoms with E-state index in [2.05, 4.69) is 10.6 Å². The normalized spacial score (nSPS) is 11.4. The second-order valence-corrected chi connectivity index (χ2v) is 8.95. The molecule has 1 aromatic rings. The van der Waals surface area contributed by atoms with Crippen LogP contribution in [0, 0.1) is 0 Å². The van der Waals surface area contributed by atoms with Gasteiger partial charge in [0.15, 0.2) is 0 Å². The zero-order valence-electron chi connectivity index (χ0n) is 12.3. The summed E-state index contributed by atoms with van der Waals surface area (Å²) in [6, 6.07) is 6.24. The number of amides is 3. The number of alkyl halides is 1. The Labute approximate surface area is 145 Å². The Balaban J connectivity index is 2.51. The molecule has 0 aliphatic heterocycles. The summed E-state index contributed by atoms with van der Waals surface area (Å²) in [4.78, 5) is 44.7. The number of primary amides is 1. The number of rotatable bonds is 6. The van der Waals surface area contributed by atoms with Crippen molar-refractivity contribution in [1.29, 1.82) is 0 Å². The Hall–Kier alpha value is -1.82. The Kier molecular flexibility index (Phi) is 7.81. The molecule has 0 aromatic heterocycles.